The second kappa shape index (κ2) is 5.28. The average Bonchev–Trinajstić information content (AvgIpc) is 3.17. The molecule has 5 heteroatoms. The minimum absolute atomic E-state index is 0.157. The van der Waals surface area contributed by atoms with Crippen molar-refractivity contribution >= 4 is 5.91 Å². The monoisotopic (exact) mass is 281 g/mol. The Labute approximate surface area is 121 Å². The zero-order valence-corrected chi connectivity index (χ0v) is 12.9. The summed E-state index contributed by atoms with van der Waals surface area (Å²) in [6.07, 6.45) is 2.33. The van der Waals surface area contributed by atoms with Crippen molar-refractivity contribution in [3.63, 3.8) is 0 Å². The van der Waals surface area contributed by atoms with Gasteiger partial charge in [-0.05, 0) is 25.3 Å². The van der Waals surface area contributed by atoms with Gasteiger partial charge in [-0.15, -0.1) is 0 Å². The fourth-order valence-electron chi connectivity index (χ4n) is 3.43. The van der Waals surface area contributed by atoms with Crippen LogP contribution in [0.25, 0.3) is 0 Å². The van der Waals surface area contributed by atoms with Gasteiger partial charge in [0.25, 0.3) is 0 Å². The highest BCUT2D eigenvalue weighted by Crippen LogP contribution is 2.43. The van der Waals surface area contributed by atoms with Crippen molar-refractivity contribution in [3.8, 4) is 0 Å². The number of morpholine rings is 1. The van der Waals surface area contributed by atoms with Crippen LogP contribution in [0.4, 0.5) is 0 Å². The van der Waals surface area contributed by atoms with E-state index in [2.05, 4.69) is 31.0 Å². The molecule has 114 valence electrons. The van der Waals surface area contributed by atoms with Crippen LogP contribution in [0.5, 0.6) is 0 Å². The summed E-state index contributed by atoms with van der Waals surface area (Å²) in [6.45, 7) is 11.1. The van der Waals surface area contributed by atoms with Gasteiger partial charge in [0.2, 0.25) is 5.91 Å². The second-order valence-electron chi connectivity index (χ2n) is 6.76. The van der Waals surface area contributed by atoms with E-state index in [0.717, 1.165) is 45.6 Å². The van der Waals surface area contributed by atoms with Crippen LogP contribution in [0.2, 0.25) is 0 Å². The molecule has 2 atom stereocenters. The third kappa shape index (κ3) is 2.47. The van der Waals surface area contributed by atoms with Crippen LogP contribution in [-0.4, -0.2) is 66.3 Å². The molecule has 1 spiro atoms. The number of likely N-dealkylation sites (N-methyl/N-ethyl adjacent to an activating group) is 1. The fraction of sp³-hybridized carbons (Fsp3) is 0.933. The number of nitrogens with one attached hydrogen (secondary N) is 1. The molecule has 2 unspecified atom stereocenters. The average molecular weight is 281 g/mol. The van der Waals surface area contributed by atoms with E-state index in [1.54, 1.807) is 0 Å². The molecule has 0 radical (unpaired) electrons. The van der Waals surface area contributed by atoms with Gasteiger partial charge in [-0.3, -0.25) is 15.0 Å². The molecule has 3 rings (SSSR count). The highest BCUT2D eigenvalue weighted by atomic mass is 16.5. The van der Waals surface area contributed by atoms with Gasteiger partial charge >= 0.3 is 0 Å². The summed E-state index contributed by atoms with van der Waals surface area (Å²) in [5.41, 5.74) is -0.214. The largest absolute Gasteiger partial charge is 0.374 e. The predicted octanol–water partition coefficient (Wildman–Crippen LogP) is 0.654. The van der Waals surface area contributed by atoms with Crippen molar-refractivity contribution in [1.82, 2.24) is 15.1 Å². The lowest BCUT2D eigenvalue weighted by atomic mass is 10.1. The van der Waals surface area contributed by atoms with Crippen LogP contribution in [-0.2, 0) is 9.53 Å². The first-order valence-electron chi connectivity index (χ1n) is 7.98. The maximum absolute atomic E-state index is 12.6. The lowest BCUT2D eigenvalue weighted by Crippen LogP contribution is -2.51. The van der Waals surface area contributed by atoms with Gasteiger partial charge in [-0.25, -0.2) is 0 Å². The Hall–Kier alpha value is -0.650. The first-order chi connectivity index (χ1) is 9.55. The minimum Gasteiger partial charge on any atom is -0.374 e. The van der Waals surface area contributed by atoms with E-state index < -0.39 is 0 Å². The first-order valence-corrected chi connectivity index (χ1v) is 7.98. The van der Waals surface area contributed by atoms with E-state index in [1.807, 2.05) is 4.90 Å². The molecular weight excluding hydrogens is 254 g/mol. The maximum atomic E-state index is 12.6. The highest BCUT2D eigenvalue weighted by Gasteiger charge is 2.59. The number of hydrogen-bond acceptors (Lipinski definition) is 4. The molecule has 0 aromatic carbocycles. The van der Waals surface area contributed by atoms with E-state index in [0.29, 0.717) is 11.8 Å². The first kappa shape index (κ1) is 14.3. The van der Waals surface area contributed by atoms with Crippen molar-refractivity contribution in [2.45, 2.75) is 51.4 Å². The van der Waals surface area contributed by atoms with E-state index in [4.69, 9.17) is 4.74 Å². The molecule has 1 N–H and O–H groups in total. The molecule has 20 heavy (non-hydrogen) atoms. The predicted molar refractivity (Wildman–Crippen MR) is 77.3 cm³/mol. The van der Waals surface area contributed by atoms with Crippen molar-refractivity contribution in [1.29, 1.82) is 0 Å². The van der Waals surface area contributed by atoms with E-state index in [-0.39, 0.29) is 17.8 Å². The van der Waals surface area contributed by atoms with Gasteiger partial charge < -0.3 is 9.64 Å². The topological polar surface area (TPSA) is 44.8 Å². The van der Waals surface area contributed by atoms with Crippen LogP contribution in [0.15, 0.2) is 0 Å². The molecule has 0 aromatic heterocycles. The molecule has 0 bridgehead atoms. The van der Waals surface area contributed by atoms with Crippen LogP contribution in [0.1, 0.15) is 33.6 Å². The Morgan fingerprint density at radius 3 is 2.80 bits per heavy atom. The van der Waals surface area contributed by atoms with Gasteiger partial charge in [-0.2, -0.15) is 0 Å². The number of carbonyl (C=O) groups is 1. The zero-order valence-electron chi connectivity index (χ0n) is 12.9. The van der Waals surface area contributed by atoms with Crippen LogP contribution >= 0.6 is 0 Å². The van der Waals surface area contributed by atoms with Gasteiger partial charge in [0, 0.05) is 19.6 Å². The second-order valence-corrected chi connectivity index (χ2v) is 6.76. The summed E-state index contributed by atoms with van der Waals surface area (Å²) in [7, 11) is 0. The van der Waals surface area contributed by atoms with Gasteiger partial charge in [0.05, 0.1) is 24.4 Å². The SMILES string of the molecule is CCN1CCOC(CN2C(=O)C3(CC3)NC2C(C)C)C1. The summed E-state index contributed by atoms with van der Waals surface area (Å²) in [6, 6.07) is 0. The lowest BCUT2D eigenvalue weighted by molar-refractivity contribution is -0.134. The molecule has 1 amide bonds. The summed E-state index contributed by atoms with van der Waals surface area (Å²) < 4.78 is 5.87. The van der Waals surface area contributed by atoms with Crippen LogP contribution in [0.3, 0.4) is 0 Å². The Morgan fingerprint density at radius 1 is 1.45 bits per heavy atom. The van der Waals surface area contributed by atoms with Crippen LogP contribution in [0, 0.1) is 5.92 Å². The quantitative estimate of drug-likeness (QED) is 0.822. The van der Waals surface area contributed by atoms with Gasteiger partial charge in [0.15, 0.2) is 0 Å². The smallest absolute Gasteiger partial charge is 0.244 e. The van der Waals surface area contributed by atoms with Crippen molar-refractivity contribution in [2.75, 3.05) is 32.8 Å². The summed E-state index contributed by atoms with van der Waals surface area (Å²) in [5, 5.41) is 3.56. The van der Waals surface area contributed by atoms with Crippen molar-refractivity contribution in [2.24, 2.45) is 5.92 Å². The number of carbonyl (C=O) groups excluding carboxylic acids is 1. The van der Waals surface area contributed by atoms with Crippen LogP contribution < -0.4 is 5.32 Å². The Morgan fingerprint density at radius 2 is 2.20 bits per heavy atom. The standard InChI is InChI=1S/C15H27N3O2/c1-4-17-7-8-20-12(9-17)10-18-13(11(2)3)16-15(5-6-15)14(18)19/h11-13,16H,4-10H2,1-3H3. The molecule has 0 aromatic rings. The molecule has 2 heterocycles. The third-order valence-corrected chi connectivity index (χ3v) is 4.88. The Kier molecular flexibility index (Phi) is 3.77. The summed E-state index contributed by atoms with van der Waals surface area (Å²) in [4.78, 5) is 17.1. The summed E-state index contributed by atoms with van der Waals surface area (Å²) >= 11 is 0. The van der Waals surface area contributed by atoms with E-state index in [1.165, 1.54) is 0 Å². The normalized spacial score (nSPS) is 33.4. The number of ether oxygens (including phenoxy) is 1. The third-order valence-electron chi connectivity index (χ3n) is 4.88. The molecular formula is C15H27N3O2. The molecule has 3 fully saturated rings. The van der Waals surface area contributed by atoms with Crippen molar-refractivity contribution < 1.29 is 9.53 Å². The number of amides is 1. The molecule has 2 saturated heterocycles. The fourth-order valence-corrected chi connectivity index (χ4v) is 3.43. The van der Waals surface area contributed by atoms with Gasteiger partial charge in [-0.1, -0.05) is 20.8 Å². The Balaban J connectivity index is 1.66. The Bertz CT molecular complexity index is 381. The van der Waals surface area contributed by atoms with Crippen molar-refractivity contribution in [3.05, 3.63) is 0 Å². The summed E-state index contributed by atoms with van der Waals surface area (Å²) in [5.74, 6) is 0.734. The lowest BCUT2D eigenvalue weighted by Gasteiger charge is -2.36. The number of nitrogens with zero attached hydrogens (tertiary/aromatic N) is 2. The maximum Gasteiger partial charge on any atom is 0.244 e. The number of rotatable bonds is 4. The zero-order chi connectivity index (χ0) is 14.3. The minimum atomic E-state index is -0.214. The molecule has 5 nitrogen and oxygen atoms in total. The highest BCUT2D eigenvalue weighted by molar-refractivity contribution is 5.91. The molecule has 3 aliphatic rings. The molecule has 1 aliphatic carbocycles. The van der Waals surface area contributed by atoms with Gasteiger partial charge in [0.1, 0.15) is 0 Å². The van der Waals surface area contributed by atoms with E-state index >= 15 is 0 Å². The van der Waals surface area contributed by atoms with E-state index in [9.17, 15) is 4.79 Å². The molecule has 1 saturated carbocycles. The number of hydrogen-bond donors (Lipinski definition) is 1. The molecule has 2 aliphatic heterocycles.